The average molecular weight is 345 g/mol. The summed E-state index contributed by atoms with van der Waals surface area (Å²) in [5, 5.41) is 6.10. The number of hydrogen-bond acceptors (Lipinski definition) is 3. The van der Waals surface area contributed by atoms with Crippen LogP contribution in [0.25, 0.3) is 0 Å². The number of carbonyl (C=O) groups is 2. The van der Waals surface area contributed by atoms with Gasteiger partial charge in [0, 0.05) is 0 Å². The molecular formula is C18H17ClN2O3. The standard InChI is InChI=1S/C18H17ClN2O3/c1-10-5-11(2)18(13(19)6-10)21-16(22)8-12-3-4-15-14(7-12)20-17(23)9-24-15/h3-7H,8-9H2,1-2H3,(H,20,23)(H,21,22). The van der Waals surface area contributed by atoms with Gasteiger partial charge in [0.1, 0.15) is 5.75 Å². The molecular weight excluding hydrogens is 328 g/mol. The molecule has 0 saturated carbocycles. The number of halogens is 1. The van der Waals surface area contributed by atoms with Crippen molar-refractivity contribution in [2.75, 3.05) is 17.2 Å². The van der Waals surface area contributed by atoms with Crippen LogP contribution in [-0.2, 0) is 16.0 Å². The molecule has 0 spiro atoms. The summed E-state index contributed by atoms with van der Waals surface area (Å²) < 4.78 is 5.30. The highest BCUT2D eigenvalue weighted by Gasteiger charge is 2.17. The zero-order valence-electron chi connectivity index (χ0n) is 13.4. The number of rotatable bonds is 3. The number of amides is 2. The van der Waals surface area contributed by atoms with Gasteiger partial charge in [-0.3, -0.25) is 9.59 Å². The van der Waals surface area contributed by atoms with Crippen LogP contribution < -0.4 is 15.4 Å². The maximum atomic E-state index is 12.3. The summed E-state index contributed by atoms with van der Waals surface area (Å²) in [5.74, 6) is 0.231. The van der Waals surface area contributed by atoms with E-state index in [0.29, 0.717) is 22.1 Å². The van der Waals surface area contributed by atoms with Gasteiger partial charge in [-0.15, -0.1) is 0 Å². The van der Waals surface area contributed by atoms with Crippen molar-refractivity contribution < 1.29 is 14.3 Å². The molecule has 0 unspecified atom stereocenters. The number of fused-ring (bicyclic) bond motifs is 1. The number of carbonyl (C=O) groups excluding carboxylic acids is 2. The van der Waals surface area contributed by atoms with Crippen molar-refractivity contribution >= 4 is 34.8 Å². The SMILES string of the molecule is Cc1cc(C)c(NC(=O)Cc2ccc3c(c2)NC(=O)CO3)c(Cl)c1. The predicted molar refractivity (Wildman–Crippen MR) is 93.8 cm³/mol. The maximum Gasteiger partial charge on any atom is 0.262 e. The molecule has 0 aromatic heterocycles. The van der Waals surface area contributed by atoms with Crippen molar-refractivity contribution in [1.82, 2.24) is 0 Å². The van der Waals surface area contributed by atoms with E-state index in [1.807, 2.05) is 26.0 Å². The summed E-state index contributed by atoms with van der Waals surface area (Å²) in [4.78, 5) is 23.7. The molecule has 2 amide bonds. The molecule has 1 aliphatic rings. The molecule has 2 N–H and O–H groups in total. The third-order valence-corrected chi connectivity index (χ3v) is 4.04. The molecule has 124 valence electrons. The van der Waals surface area contributed by atoms with E-state index in [1.165, 1.54) is 0 Å². The number of benzene rings is 2. The molecule has 0 saturated heterocycles. The lowest BCUT2D eigenvalue weighted by Crippen LogP contribution is -2.25. The molecule has 5 nitrogen and oxygen atoms in total. The van der Waals surface area contributed by atoms with Crippen molar-refractivity contribution in [3.05, 3.63) is 52.0 Å². The van der Waals surface area contributed by atoms with E-state index in [1.54, 1.807) is 18.2 Å². The highest BCUT2D eigenvalue weighted by Crippen LogP contribution is 2.30. The number of nitrogens with one attached hydrogen (secondary N) is 2. The largest absolute Gasteiger partial charge is 0.482 e. The minimum atomic E-state index is -0.203. The van der Waals surface area contributed by atoms with E-state index in [0.717, 1.165) is 16.7 Å². The molecule has 1 aliphatic heterocycles. The highest BCUT2D eigenvalue weighted by molar-refractivity contribution is 6.34. The molecule has 0 bridgehead atoms. The lowest BCUT2D eigenvalue weighted by Gasteiger charge is -2.18. The van der Waals surface area contributed by atoms with Gasteiger partial charge in [-0.05, 0) is 48.7 Å². The normalized spacial score (nSPS) is 12.9. The van der Waals surface area contributed by atoms with Crippen LogP contribution in [-0.4, -0.2) is 18.4 Å². The molecule has 2 aromatic rings. The van der Waals surface area contributed by atoms with Gasteiger partial charge in [0.25, 0.3) is 5.91 Å². The molecule has 3 rings (SSSR count). The average Bonchev–Trinajstić information content (AvgIpc) is 2.50. The Bertz CT molecular complexity index is 810. The second-order valence-corrected chi connectivity index (χ2v) is 6.24. The van der Waals surface area contributed by atoms with Crippen LogP contribution in [0.2, 0.25) is 5.02 Å². The summed E-state index contributed by atoms with van der Waals surface area (Å²) in [5.41, 5.74) is 3.95. The summed E-state index contributed by atoms with van der Waals surface area (Å²) in [6.07, 6.45) is 0.173. The summed E-state index contributed by atoms with van der Waals surface area (Å²) in [7, 11) is 0. The van der Waals surface area contributed by atoms with Crippen molar-refractivity contribution in [3.8, 4) is 5.75 Å². The van der Waals surface area contributed by atoms with Gasteiger partial charge in [0.2, 0.25) is 5.91 Å². The molecule has 6 heteroatoms. The van der Waals surface area contributed by atoms with Crippen molar-refractivity contribution in [3.63, 3.8) is 0 Å². The predicted octanol–water partition coefficient (Wildman–Crippen LogP) is 3.47. The molecule has 24 heavy (non-hydrogen) atoms. The van der Waals surface area contributed by atoms with Crippen LogP contribution >= 0.6 is 11.6 Å². The first kappa shape index (κ1) is 16.3. The fourth-order valence-corrected chi connectivity index (χ4v) is 3.05. The van der Waals surface area contributed by atoms with Gasteiger partial charge in [-0.2, -0.15) is 0 Å². The Morgan fingerprint density at radius 1 is 1.29 bits per heavy atom. The van der Waals surface area contributed by atoms with Crippen LogP contribution in [0.5, 0.6) is 5.75 Å². The maximum absolute atomic E-state index is 12.3. The Labute approximate surface area is 145 Å². The third-order valence-electron chi connectivity index (χ3n) is 3.74. The van der Waals surface area contributed by atoms with Crippen molar-refractivity contribution in [2.24, 2.45) is 0 Å². The Hall–Kier alpha value is -2.53. The molecule has 2 aromatic carbocycles. The second-order valence-electron chi connectivity index (χ2n) is 5.83. The highest BCUT2D eigenvalue weighted by atomic mass is 35.5. The fourth-order valence-electron chi connectivity index (χ4n) is 2.68. The first-order chi connectivity index (χ1) is 11.4. The van der Waals surface area contributed by atoms with Gasteiger partial charge >= 0.3 is 0 Å². The molecule has 0 fully saturated rings. The second kappa shape index (κ2) is 6.53. The van der Waals surface area contributed by atoms with Crippen LogP contribution in [0.1, 0.15) is 16.7 Å². The minimum absolute atomic E-state index is 0.0119. The van der Waals surface area contributed by atoms with E-state index in [-0.39, 0.29) is 24.8 Å². The van der Waals surface area contributed by atoms with Crippen LogP contribution in [0.15, 0.2) is 30.3 Å². The number of aryl methyl sites for hydroxylation is 2. The van der Waals surface area contributed by atoms with Gasteiger partial charge in [-0.25, -0.2) is 0 Å². The Kier molecular flexibility index (Phi) is 4.44. The third kappa shape index (κ3) is 3.51. The first-order valence-electron chi connectivity index (χ1n) is 7.54. The van der Waals surface area contributed by atoms with E-state index < -0.39 is 0 Å². The Balaban J connectivity index is 1.74. The lowest BCUT2D eigenvalue weighted by molar-refractivity contribution is -0.118. The topological polar surface area (TPSA) is 67.4 Å². The van der Waals surface area contributed by atoms with Crippen LogP contribution in [0.3, 0.4) is 0 Å². The van der Waals surface area contributed by atoms with Crippen molar-refractivity contribution in [2.45, 2.75) is 20.3 Å². The summed E-state index contributed by atoms with van der Waals surface area (Å²) in [6.45, 7) is 3.87. The van der Waals surface area contributed by atoms with Gasteiger partial charge in [0.15, 0.2) is 6.61 Å². The number of ether oxygens (including phenoxy) is 1. The molecule has 1 heterocycles. The zero-order chi connectivity index (χ0) is 17.3. The summed E-state index contributed by atoms with van der Waals surface area (Å²) >= 11 is 6.21. The molecule has 0 atom stereocenters. The smallest absolute Gasteiger partial charge is 0.262 e. The van der Waals surface area contributed by atoms with Crippen LogP contribution in [0.4, 0.5) is 11.4 Å². The van der Waals surface area contributed by atoms with E-state index in [9.17, 15) is 9.59 Å². The fraction of sp³-hybridized carbons (Fsp3) is 0.222. The number of anilines is 2. The van der Waals surface area contributed by atoms with Gasteiger partial charge < -0.3 is 15.4 Å². The number of hydrogen-bond donors (Lipinski definition) is 2. The van der Waals surface area contributed by atoms with Crippen LogP contribution in [0, 0.1) is 13.8 Å². The minimum Gasteiger partial charge on any atom is -0.482 e. The molecule has 0 aliphatic carbocycles. The van der Waals surface area contributed by atoms with E-state index in [2.05, 4.69) is 10.6 Å². The molecule has 0 radical (unpaired) electrons. The first-order valence-corrected chi connectivity index (χ1v) is 7.92. The Morgan fingerprint density at radius 2 is 2.08 bits per heavy atom. The Morgan fingerprint density at radius 3 is 2.83 bits per heavy atom. The van der Waals surface area contributed by atoms with E-state index in [4.69, 9.17) is 16.3 Å². The quantitative estimate of drug-likeness (QED) is 0.895. The van der Waals surface area contributed by atoms with Crippen molar-refractivity contribution in [1.29, 1.82) is 0 Å². The van der Waals surface area contributed by atoms with Gasteiger partial charge in [-0.1, -0.05) is 23.7 Å². The van der Waals surface area contributed by atoms with E-state index >= 15 is 0 Å². The van der Waals surface area contributed by atoms with Gasteiger partial charge in [0.05, 0.1) is 22.8 Å². The lowest BCUT2D eigenvalue weighted by atomic mass is 10.1. The zero-order valence-corrected chi connectivity index (χ0v) is 14.2. The summed E-state index contributed by atoms with van der Waals surface area (Å²) in [6, 6.07) is 9.08. The monoisotopic (exact) mass is 344 g/mol.